The highest BCUT2D eigenvalue weighted by Crippen LogP contribution is 2.35. The molecule has 18 heavy (non-hydrogen) atoms. The van der Waals surface area contributed by atoms with Crippen molar-refractivity contribution in [2.24, 2.45) is 0 Å². The number of rotatable bonds is 1. The summed E-state index contributed by atoms with van der Waals surface area (Å²) in [6.45, 7) is 0.973. The first-order valence-corrected chi connectivity index (χ1v) is 7.42. The summed E-state index contributed by atoms with van der Waals surface area (Å²) < 4.78 is 4.03. The molecule has 0 radical (unpaired) electrons. The van der Waals surface area contributed by atoms with Crippen LogP contribution in [0.1, 0.15) is 18.7 Å². The topological polar surface area (TPSA) is 56.7 Å². The van der Waals surface area contributed by atoms with Crippen molar-refractivity contribution in [3.63, 3.8) is 0 Å². The third-order valence-electron chi connectivity index (χ3n) is 3.19. The van der Waals surface area contributed by atoms with Crippen molar-refractivity contribution < 1.29 is 0 Å². The van der Waals surface area contributed by atoms with Gasteiger partial charge in [-0.05, 0) is 40.9 Å². The fraction of sp³-hybridized carbons (Fsp3) is 0.333. The van der Waals surface area contributed by atoms with E-state index in [1.165, 1.54) is 12.8 Å². The number of halogens is 2. The molecule has 2 aromatic rings. The number of nitrogen functional groups attached to an aromatic ring is 1. The molecule has 1 aromatic carbocycles. The van der Waals surface area contributed by atoms with E-state index >= 15 is 0 Å². The van der Waals surface area contributed by atoms with Gasteiger partial charge in [-0.2, -0.15) is 0 Å². The number of aromatic nitrogens is 3. The van der Waals surface area contributed by atoms with Gasteiger partial charge in [-0.3, -0.25) is 0 Å². The number of nitrogens with two attached hydrogens (primary N) is 1. The first-order valence-electron chi connectivity index (χ1n) is 5.84. The molecule has 6 heteroatoms. The lowest BCUT2D eigenvalue weighted by Crippen LogP contribution is -2.12. The average Bonchev–Trinajstić information content (AvgIpc) is 2.77. The predicted molar refractivity (Wildman–Crippen MR) is 78.2 cm³/mol. The summed E-state index contributed by atoms with van der Waals surface area (Å²) in [7, 11) is 0. The minimum absolute atomic E-state index is 0.707. The van der Waals surface area contributed by atoms with Crippen molar-refractivity contribution in [2.75, 3.05) is 5.73 Å². The Morgan fingerprint density at radius 1 is 1.17 bits per heavy atom. The minimum atomic E-state index is 0.707. The summed E-state index contributed by atoms with van der Waals surface area (Å²) in [5.74, 6) is 1.93. The van der Waals surface area contributed by atoms with Crippen LogP contribution in [0.4, 0.5) is 5.69 Å². The average molecular weight is 372 g/mol. The molecular formula is C12H12Br2N4. The second kappa shape index (κ2) is 4.66. The fourth-order valence-corrected chi connectivity index (χ4v) is 3.50. The lowest BCUT2D eigenvalue weighted by molar-refractivity contribution is 0.526. The fourth-order valence-electron chi connectivity index (χ4n) is 2.28. The van der Waals surface area contributed by atoms with E-state index in [9.17, 15) is 0 Å². The van der Waals surface area contributed by atoms with E-state index in [2.05, 4.69) is 46.6 Å². The molecule has 0 amide bonds. The molecular weight excluding hydrogens is 360 g/mol. The Balaban J connectivity index is 2.18. The van der Waals surface area contributed by atoms with Crippen LogP contribution < -0.4 is 5.73 Å². The first-order chi connectivity index (χ1) is 8.66. The molecule has 4 nitrogen and oxygen atoms in total. The van der Waals surface area contributed by atoms with Crippen LogP contribution in [-0.2, 0) is 13.0 Å². The number of hydrogen-bond donors (Lipinski definition) is 1. The summed E-state index contributed by atoms with van der Waals surface area (Å²) in [5.41, 5.74) is 7.76. The Morgan fingerprint density at radius 2 is 2.00 bits per heavy atom. The third kappa shape index (κ3) is 1.97. The van der Waals surface area contributed by atoms with Crippen LogP contribution in [0.15, 0.2) is 21.1 Å². The third-order valence-corrected chi connectivity index (χ3v) is 4.31. The second-order valence-corrected chi connectivity index (χ2v) is 6.17. The number of anilines is 1. The summed E-state index contributed by atoms with van der Waals surface area (Å²) in [6.07, 6.45) is 3.37. The SMILES string of the molecule is Nc1c(Br)cc(Br)cc1-c1nnc2n1CCCC2. The highest BCUT2D eigenvalue weighted by molar-refractivity contribution is 9.11. The zero-order valence-electron chi connectivity index (χ0n) is 9.66. The van der Waals surface area contributed by atoms with E-state index in [0.717, 1.165) is 39.1 Å². The zero-order valence-corrected chi connectivity index (χ0v) is 12.8. The molecule has 2 heterocycles. The van der Waals surface area contributed by atoms with Crippen molar-refractivity contribution in [1.29, 1.82) is 0 Å². The first kappa shape index (κ1) is 12.2. The summed E-state index contributed by atoms with van der Waals surface area (Å²) in [5, 5.41) is 8.56. The summed E-state index contributed by atoms with van der Waals surface area (Å²) in [4.78, 5) is 0. The van der Waals surface area contributed by atoms with Gasteiger partial charge < -0.3 is 10.3 Å². The molecule has 0 saturated carbocycles. The Labute approximate surface area is 122 Å². The molecule has 0 aliphatic carbocycles. The monoisotopic (exact) mass is 370 g/mol. The van der Waals surface area contributed by atoms with Crippen LogP contribution in [0, 0.1) is 0 Å². The normalized spacial score (nSPS) is 14.6. The predicted octanol–water partition coefficient (Wildman–Crippen LogP) is 3.39. The molecule has 0 saturated heterocycles. The zero-order chi connectivity index (χ0) is 12.7. The van der Waals surface area contributed by atoms with Crippen LogP contribution in [0.25, 0.3) is 11.4 Å². The van der Waals surface area contributed by atoms with Gasteiger partial charge in [0.25, 0.3) is 0 Å². The van der Waals surface area contributed by atoms with Crippen molar-refractivity contribution >= 4 is 37.5 Å². The lowest BCUT2D eigenvalue weighted by Gasteiger charge is -2.16. The van der Waals surface area contributed by atoms with Gasteiger partial charge in [-0.1, -0.05) is 15.9 Å². The molecule has 1 aliphatic heterocycles. The molecule has 0 bridgehead atoms. The number of nitrogens with zero attached hydrogens (tertiary/aromatic N) is 3. The van der Waals surface area contributed by atoms with E-state index in [1.54, 1.807) is 0 Å². The number of hydrogen-bond acceptors (Lipinski definition) is 3. The van der Waals surface area contributed by atoms with Crippen LogP contribution in [0.2, 0.25) is 0 Å². The van der Waals surface area contributed by atoms with Gasteiger partial charge in [-0.25, -0.2) is 0 Å². The maximum absolute atomic E-state index is 6.13. The molecule has 2 N–H and O–H groups in total. The van der Waals surface area contributed by atoms with E-state index in [1.807, 2.05) is 12.1 Å². The number of benzene rings is 1. The van der Waals surface area contributed by atoms with Crippen molar-refractivity contribution in [3.05, 3.63) is 26.9 Å². The van der Waals surface area contributed by atoms with Crippen LogP contribution in [0.3, 0.4) is 0 Å². The van der Waals surface area contributed by atoms with Crippen molar-refractivity contribution in [1.82, 2.24) is 14.8 Å². The minimum Gasteiger partial charge on any atom is -0.397 e. The maximum Gasteiger partial charge on any atom is 0.166 e. The van der Waals surface area contributed by atoms with Gasteiger partial charge >= 0.3 is 0 Å². The standard InChI is InChI=1S/C12H12Br2N4/c13-7-5-8(11(15)9(14)6-7)12-17-16-10-3-1-2-4-18(10)12/h5-6H,1-4,15H2. The highest BCUT2D eigenvalue weighted by Gasteiger charge is 2.19. The number of fused-ring (bicyclic) bond motifs is 1. The Kier molecular flexibility index (Phi) is 3.15. The smallest absolute Gasteiger partial charge is 0.166 e. The maximum atomic E-state index is 6.13. The van der Waals surface area contributed by atoms with E-state index in [0.29, 0.717) is 5.69 Å². The number of aryl methyl sites for hydroxylation is 1. The lowest BCUT2D eigenvalue weighted by atomic mass is 10.1. The second-order valence-electron chi connectivity index (χ2n) is 4.40. The Hall–Kier alpha value is -0.880. The molecule has 1 aromatic heterocycles. The molecule has 3 rings (SSSR count). The summed E-state index contributed by atoms with van der Waals surface area (Å²) in [6, 6.07) is 3.93. The molecule has 0 fully saturated rings. The van der Waals surface area contributed by atoms with Gasteiger partial charge in [0.15, 0.2) is 5.82 Å². The van der Waals surface area contributed by atoms with E-state index in [4.69, 9.17) is 5.73 Å². The van der Waals surface area contributed by atoms with Gasteiger partial charge in [0.1, 0.15) is 5.82 Å². The van der Waals surface area contributed by atoms with Crippen LogP contribution in [0.5, 0.6) is 0 Å². The molecule has 0 atom stereocenters. The molecule has 0 unspecified atom stereocenters. The van der Waals surface area contributed by atoms with Gasteiger partial charge in [0.2, 0.25) is 0 Å². The summed E-state index contributed by atoms with van der Waals surface area (Å²) >= 11 is 6.95. The van der Waals surface area contributed by atoms with Crippen LogP contribution in [-0.4, -0.2) is 14.8 Å². The quantitative estimate of drug-likeness (QED) is 0.781. The molecule has 1 aliphatic rings. The highest BCUT2D eigenvalue weighted by atomic mass is 79.9. The van der Waals surface area contributed by atoms with Gasteiger partial charge in [-0.15, -0.1) is 10.2 Å². The Morgan fingerprint density at radius 3 is 2.83 bits per heavy atom. The van der Waals surface area contributed by atoms with Crippen molar-refractivity contribution in [2.45, 2.75) is 25.8 Å². The van der Waals surface area contributed by atoms with Crippen molar-refractivity contribution in [3.8, 4) is 11.4 Å². The van der Waals surface area contributed by atoms with E-state index < -0.39 is 0 Å². The Bertz CT molecular complexity index is 606. The molecule has 0 spiro atoms. The van der Waals surface area contributed by atoms with Gasteiger partial charge in [0.05, 0.1) is 5.69 Å². The van der Waals surface area contributed by atoms with Gasteiger partial charge in [0, 0.05) is 27.5 Å². The largest absolute Gasteiger partial charge is 0.397 e. The van der Waals surface area contributed by atoms with Crippen LogP contribution >= 0.6 is 31.9 Å². The van der Waals surface area contributed by atoms with E-state index in [-0.39, 0.29) is 0 Å². The molecule has 94 valence electrons.